The van der Waals surface area contributed by atoms with Crippen molar-refractivity contribution in [1.29, 1.82) is 0 Å². The third kappa shape index (κ3) is 6.25. The average Bonchev–Trinajstić information content (AvgIpc) is 2.88. The summed E-state index contributed by atoms with van der Waals surface area (Å²) in [5.41, 5.74) is 2.89. The molecule has 2 N–H and O–H groups in total. The second-order valence-corrected chi connectivity index (χ2v) is 9.74. The fourth-order valence-corrected chi connectivity index (χ4v) is 4.94. The molecule has 6 heteroatoms. The molecule has 0 spiro atoms. The molecule has 0 aromatic heterocycles. The number of benzene rings is 2. The van der Waals surface area contributed by atoms with Crippen LogP contribution in [0.3, 0.4) is 0 Å². The van der Waals surface area contributed by atoms with Crippen LogP contribution in [-0.2, 0) is 4.79 Å². The molecule has 2 aromatic carbocycles. The quantitative estimate of drug-likeness (QED) is 0.649. The maximum atomic E-state index is 13.1. The molecule has 6 nitrogen and oxygen atoms in total. The Morgan fingerprint density at radius 3 is 2.24 bits per heavy atom. The first-order chi connectivity index (χ1) is 16.5. The Labute approximate surface area is 202 Å². The van der Waals surface area contributed by atoms with E-state index in [4.69, 9.17) is 0 Å². The maximum absolute atomic E-state index is 13.1. The Kier molecular flexibility index (Phi) is 7.99. The van der Waals surface area contributed by atoms with Gasteiger partial charge in [0.15, 0.2) is 0 Å². The molecule has 180 valence electrons. The van der Waals surface area contributed by atoms with Gasteiger partial charge in [-0.3, -0.25) is 14.4 Å². The molecule has 0 radical (unpaired) electrons. The third-order valence-electron chi connectivity index (χ3n) is 7.07. The van der Waals surface area contributed by atoms with Gasteiger partial charge in [-0.2, -0.15) is 0 Å². The number of aryl methyl sites for hydroxylation is 1. The lowest BCUT2D eigenvalue weighted by Gasteiger charge is -2.32. The van der Waals surface area contributed by atoms with Gasteiger partial charge in [-0.25, -0.2) is 0 Å². The number of carbonyl (C=O) groups is 3. The Balaban J connectivity index is 1.29. The van der Waals surface area contributed by atoms with Gasteiger partial charge in [-0.1, -0.05) is 37.0 Å². The van der Waals surface area contributed by atoms with Crippen molar-refractivity contribution >= 4 is 23.4 Å². The van der Waals surface area contributed by atoms with Gasteiger partial charge in [0.05, 0.1) is 5.92 Å². The van der Waals surface area contributed by atoms with Crippen LogP contribution in [-0.4, -0.2) is 42.3 Å². The van der Waals surface area contributed by atoms with Crippen molar-refractivity contribution in [2.75, 3.05) is 25.0 Å². The largest absolute Gasteiger partial charge is 0.356 e. The highest BCUT2D eigenvalue weighted by atomic mass is 16.2. The second-order valence-electron chi connectivity index (χ2n) is 9.74. The summed E-state index contributed by atoms with van der Waals surface area (Å²) >= 11 is 0. The van der Waals surface area contributed by atoms with Gasteiger partial charge in [0.25, 0.3) is 11.8 Å². The van der Waals surface area contributed by atoms with Gasteiger partial charge in [-0.05, 0) is 74.9 Å². The fraction of sp³-hybridized carbons (Fsp3) is 0.464. The molecular weight excluding hydrogens is 426 g/mol. The summed E-state index contributed by atoms with van der Waals surface area (Å²) in [4.78, 5) is 40.0. The first-order valence-electron chi connectivity index (χ1n) is 12.5. The highest BCUT2D eigenvalue weighted by Crippen LogP contribution is 2.24. The molecule has 0 bridgehead atoms. The van der Waals surface area contributed by atoms with Crippen LogP contribution in [0.15, 0.2) is 48.5 Å². The fourth-order valence-electron chi connectivity index (χ4n) is 4.94. The van der Waals surface area contributed by atoms with Crippen LogP contribution in [0.5, 0.6) is 0 Å². The van der Waals surface area contributed by atoms with E-state index in [0.717, 1.165) is 24.9 Å². The van der Waals surface area contributed by atoms with Crippen molar-refractivity contribution in [3.63, 3.8) is 0 Å². The van der Waals surface area contributed by atoms with E-state index >= 15 is 0 Å². The van der Waals surface area contributed by atoms with Crippen molar-refractivity contribution < 1.29 is 14.4 Å². The van der Waals surface area contributed by atoms with Crippen LogP contribution in [0.1, 0.15) is 71.2 Å². The summed E-state index contributed by atoms with van der Waals surface area (Å²) in [7, 11) is 0. The Morgan fingerprint density at radius 2 is 1.53 bits per heavy atom. The van der Waals surface area contributed by atoms with Crippen LogP contribution >= 0.6 is 0 Å². The molecule has 1 atom stereocenters. The SMILES string of the molecule is Cc1ccc(C(=O)Nc2ccc(C(=O)N3CCC[C@@H](C(=O)NCC4CCCCC4)C3)cc2)cc1. The lowest BCUT2D eigenvalue weighted by atomic mass is 9.89. The van der Waals surface area contributed by atoms with Crippen molar-refractivity contribution in [2.45, 2.75) is 51.9 Å². The number of carbonyl (C=O) groups excluding carboxylic acids is 3. The average molecular weight is 462 g/mol. The van der Waals surface area contributed by atoms with Gasteiger partial charge in [0.2, 0.25) is 5.91 Å². The van der Waals surface area contributed by atoms with E-state index in [1.165, 1.54) is 32.1 Å². The predicted octanol–water partition coefficient (Wildman–Crippen LogP) is 4.80. The van der Waals surface area contributed by atoms with Crippen LogP contribution < -0.4 is 10.6 Å². The smallest absolute Gasteiger partial charge is 0.255 e. The number of anilines is 1. The molecule has 34 heavy (non-hydrogen) atoms. The van der Waals surface area contributed by atoms with Crippen molar-refractivity contribution in [3.8, 4) is 0 Å². The second kappa shape index (κ2) is 11.3. The van der Waals surface area contributed by atoms with Gasteiger partial charge in [-0.15, -0.1) is 0 Å². The van der Waals surface area contributed by atoms with Crippen molar-refractivity contribution in [1.82, 2.24) is 10.2 Å². The summed E-state index contributed by atoms with van der Waals surface area (Å²) < 4.78 is 0. The lowest BCUT2D eigenvalue weighted by Crippen LogP contribution is -2.46. The summed E-state index contributed by atoms with van der Waals surface area (Å²) in [6, 6.07) is 14.4. The molecule has 0 unspecified atom stereocenters. The number of nitrogens with one attached hydrogen (secondary N) is 2. The third-order valence-corrected chi connectivity index (χ3v) is 7.07. The van der Waals surface area contributed by atoms with Crippen LogP contribution in [0.2, 0.25) is 0 Å². The molecule has 2 aromatic rings. The molecule has 1 aliphatic heterocycles. The van der Waals surface area contributed by atoms with E-state index < -0.39 is 0 Å². The van der Waals surface area contributed by atoms with E-state index in [1.54, 1.807) is 41.3 Å². The number of likely N-dealkylation sites (tertiary alicyclic amines) is 1. The van der Waals surface area contributed by atoms with Crippen LogP contribution in [0.4, 0.5) is 5.69 Å². The van der Waals surface area contributed by atoms with E-state index in [9.17, 15) is 14.4 Å². The van der Waals surface area contributed by atoms with E-state index in [-0.39, 0.29) is 23.6 Å². The van der Waals surface area contributed by atoms with Crippen LogP contribution in [0, 0.1) is 18.8 Å². The first-order valence-corrected chi connectivity index (χ1v) is 12.5. The topological polar surface area (TPSA) is 78.5 Å². The van der Waals surface area contributed by atoms with Gasteiger partial charge < -0.3 is 15.5 Å². The summed E-state index contributed by atoms with van der Waals surface area (Å²) in [6.45, 7) is 3.86. The normalized spacial score (nSPS) is 18.9. The summed E-state index contributed by atoms with van der Waals surface area (Å²) in [6.07, 6.45) is 7.90. The standard InChI is InChI=1S/C28H35N3O3/c1-20-9-11-22(12-10-20)27(33)30-25-15-13-23(14-16-25)28(34)31-17-5-8-24(19-31)26(32)29-18-21-6-3-2-4-7-21/h9-16,21,24H,2-8,17-19H2,1H3,(H,29,32)(H,30,33)/t24-/m1/s1. The lowest BCUT2D eigenvalue weighted by molar-refractivity contribution is -0.126. The molecule has 4 rings (SSSR count). The molecule has 1 saturated carbocycles. The summed E-state index contributed by atoms with van der Waals surface area (Å²) in [5.74, 6) is 0.286. The summed E-state index contributed by atoms with van der Waals surface area (Å²) in [5, 5.41) is 6.02. The molecule has 1 saturated heterocycles. The number of nitrogens with zero attached hydrogens (tertiary/aromatic N) is 1. The molecule has 2 fully saturated rings. The Bertz CT molecular complexity index is 995. The Hall–Kier alpha value is -3.15. The van der Waals surface area contributed by atoms with Gasteiger partial charge in [0, 0.05) is 36.4 Å². The van der Waals surface area contributed by atoms with Gasteiger partial charge in [0.1, 0.15) is 0 Å². The zero-order valence-corrected chi connectivity index (χ0v) is 20.0. The zero-order valence-electron chi connectivity index (χ0n) is 20.0. The predicted molar refractivity (Wildman–Crippen MR) is 134 cm³/mol. The maximum Gasteiger partial charge on any atom is 0.255 e. The van der Waals surface area contributed by atoms with Gasteiger partial charge >= 0.3 is 0 Å². The first kappa shape index (κ1) is 24.0. The molecular formula is C28H35N3O3. The minimum atomic E-state index is -0.183. The highest BCUT2D eigenvalue weighted by molar-refractivity contribution is 6.04. The minimum absolute atomic E-state index is 0.0683. The van der Waals surface area contributed by atoms with E-state index in [1.807, 2.05) is 19.1 Å². The molecule has 1 heterocycles. The van der Waals surface area contributed by atoms with Crippen LogP contribution in [0.25, 0.3) is 0 Å². The number of amides is 3. The number of hydrogen-bond donors (Lipinski definition) is 2. The number of hydrogen-bond acceptors (Lipinski definition) is 3. The zero-order chi connectivity index (χ0) is 23.9. The molecule has 2 aliphatic rings. The Morgan fingerprint density at radius 1 is 0.853 bits per heavy atom. The molecule has 3 amide bonds. The van der Waals surface area contributed by atoms with E-state index in [2.05, 4.69) is 10.6 Å². The number of piperidine rings is 1. The minimum Gasteiger partial charge on any atom is -0.356 e. The number of rotatable bonds is 6. The van der Waals surface area contributed by atoms with Crippen molar-refractivity contribution in [2.24, 2.45) is 11.8 Å². The van der Waals surface area contributed by atoms with Crippen molar-refractivity contribution in [3.05, 3.63) is 65.2 Å². The van der Waals surface area contributed by atoms with E-state index in [0.29, 0.717) is 35.8 Å². The highest BCUT2D eigenvalue weighted by Gasteiger charge is 2.29. The monoisotopic (exact) mass is 461 g/mol. The molecule has 1 aliphatic carbocycles.